The van der Waals surface area contributed by atoms with Crippen molar-refractivity contribution in [1.29, 1.82) is 0 Å². The van der Waals surface area contributed by atoms with Crippen LogP contribution in [0.5, 0.6) is 0 Å². The first-order chi connectivity index (χ1) is 14.2. The second kappa shape index (κ2) is 10.5. The molecule has 1 aliphatic rings. The summed E-state index contributed by atoms with van der Waals surface area (Å²) in [7, 11) is -2.05. The summed E-state index contributed by atoms with van der Waals surface area (Å²) in [6.07, 6.45) is -0.0715. The van der Waals surface area contributed by atoms with Crippen molar-refractivity contribution in [3.05, 3.63) is 0 Å². The molecule has 1 aliphatic carbocycles. The molecule has 0 aromatic carbocycles. The molecule has 0 heterocycles. The molecule has 0 bridgehead atoms. The average Bonchev–Trinajstić information content (AvgIpc) is 2.85. The average molecular weight is 490 g/mol. The number of nitrogens with one attached hydrogen (secondary N) is 1. The quantitative estimate of drug-likeness (QED) is 0.394. The predicted octanol–water partition coefficient (Wildman–Crippen LogP) is 5.08. The summed E-state index contributed by atoms with van der Waals surface area (Å²) in [6, 6.07) is -0.890. The second-order valence-electron chi connectivity index (χ2n) is 12.0. The normalized spacial score (nSPS) is 21.3. The predicted molar refractivity (Wildman–Crippen MR) is 132 cm³/mol. The Morgan fingerprint density at radius 1 is 1.00 bits per heavy atom. The summed E-state index contributed by atoms with van der Waals surface area (Å²) >= 11 is 1.47. The van der Waals surface area contributed by atoms with Gasteiger partial charge in [0.2, 0.25) is 0 Å². The van der Waals surface area contributed by atoms with Gasteiger partial charge in [0, 0.05) is 23.8 Å². The Morgan fingerprint density at radius 2 is 1.53 bits per heavy atom. The van der Waals surface area contributed by atoms with Crippen molar-refractivity contribution in [2.75, 3.05) is 5.75 Å². The molecule has 1 N–H and O–H groups in total. The Kier molecular flexibility index (Phi) is 9.48. The van der Waals surface area contributed by atoms with E-state index in [1.807, 2.05) is 0 Å². The van der Waals surface area contributed by atoms with Crippen LogP contribution >= 0.6 is 11.8 Å². The molecule has 1 saturated carbocycles. The Morgan fingerprint density at radius 3 is 2.00 bits per heavy atom. The monoisotopic (exact) mass is 489 g/mol. The number of esters is 1. The summed E-state index contributed by atoms with van der Waals surface area (Å²) in [5, 5.41) is 2.61. The summed E-state index contributed by atoms with van der Waals surface area (Å²) in [4.78, 5) is 37.3. The van der Waals surface area contributed by atoms with Crippen LogP contribution in [-0.4, -0.2) is 60.5 Å². The molecule has 0 spiro atoms. The summed E-state index contributed by atoms with van der Waals surface area (Å²) in [5.41, 5.74) is -1.37. The lowest BCUT2D eigenvalue weighted by Gasteiger charge is -2.39. The SMILES string of the molecule is CC(C)(C)OC(=O)N[C@@H](CS[C@H]1CC(=O)C[C@@H]1O[Si](C)(C)C(C)(C)C)C(=O)OC(C)(C)C. The summed E-state index contributed by atoms with van der Waals surface area (Å²) < 4.78 is 17.4. The highest BCUT2D eigenvalue weighted by Crippen LogP contribution is 2.41. The summed E-state index contributed by atoms with van der Waals surface area (Å²) in [5.74, 6) is -0.0918. The van der Waals surface area contributed by atoms with Gasteiger partial charge in [0.25, 0.3) is 0 Å². The van der Waals surface area contributed by atoms with Gasteiger partial charge >= 0.3 is 12.1 Å². The minimum atomic E-state index is -2.05. The molecule has 1 rings (SSSR count). The van der Waals surface area contributed by atoms with Crippen LogP contribution in [0.15, 0.2) is 0 Å². The van der Waals surface area contributed by atoms with Gasteiger partial charge in [-0.2, -0.15) is 11.8 Å². The van der Waals surface area contributed by atoms with Crippen LogP contribution in [0.2, 0.25) is 18.1 Å². The number of ether oxygens (including phenoxy) is 2. The smallest absolute Gasteiger partial charge is 0.408 e. The van der Waals surface area contributed by atoms with Gasteiger partial charge in [-0.25, -0.2) is 9.59 Å². The lowest BCUT2D eigenvalue weighted by molar-refractivity contribution is -0.156. The van der Waals surface area contributed by atoms with Crippen molar-refractivity contribution >= 4 is 37.9 Å². The minimum Gasteiger partial charge on any atom is -0.458 e. The minimum absolute atomic E-state index is 0.0329. The highest BCUT2D eigenvalue weighted by molar-refractivity contribution is 8.00. The molecule has 0 aromatic heterocycles. The highest BCUT2D eigenvalue weighted by Gasteiger charge is 2.44. The van der Waals surface area contributed by atoms with Gasteiger partial charge in [-0.3, -0.25) is 4.79 Å². The molecule has 186 valence electrons. The number of amides is 1. The van der Waals surface area contributed by atoms with E-state index in [9.17, 15) is 14.4 Å². The molecule has 7 nitrogen and oxygen atoms in total. The molecule has 9 heteroatoms. The fraction of sp³-hybridized carbons (Fsp3) is 0.870. The lowest BCUT2D eigenvalue weighted by atomic mass is 10.2. The zero-order chi connectivity index (χ0) is 25.1. The third-order valence-corrected chi connectivity index (χ3v) is 11.3. The van der Waals surface area contributed by atoms with Gasteiger partial charge in [0.05, 0.1) is 6.10 Å². The largest absolute Gasteiger partial charge is 0.458 e. The van der Waals surface area contributed by atoms with Gasteiger partial charge in [-0.1, -0.05) is 20.8 Å². The van der Waals surface area contributed by atoms with Crippen LogP contribution < -0.4 is 5.32 Å². The van der Waals surface area contributed by atoms with Crippen molar-refractivity contribution in [3.8, 4) is 0 Å². The number of rotatable bonds is 7. The van der Waals surface area contributed by atoms with Gasteiger partial charge in [-0.05, 0) is 59.7 Å². The first-order valence-corrected chi connectivity index (χ1v) is 15.2. The van der Waals surface area contributed by atoms with E-state index in [4.69, 9.17) is 13.9 Å². The maximum atomic E-state index is 12.8. The van der Waals surface area contributed by atoms with Crippen molar-refractivity contribution in [1.82, 2.24) is 5.32 Å². The van der Waals surface area contributed by atoms with Gasteiger partial charge < -0.3 is 19.2 Å². The molecule has 1 amide bonds. The third kappa shape index (κ3) is 9.83. The first kappa shape index (κ1) is 29.0. The molecular formula is C23H43NO6SSi. The molecule has 32 heavy (non-hydrogen) atoms. The van der Waals surface area contributed by atoms with E-state index in [-0.39, 0.29) is 27.9 Å². The van der Waals surface area contributed by atoms with E-state index < -0.39 is 37.6 Å². The molecule has 0 unspecified atom stereocenters. The van der Waals surface area contributed by atoms with E-state index in [2.05, 4.69) is 39.2 Å². The molecule has 0 aromatic rings. The molecule has 0 aliphatic heterocycles. The zero-order valence-corrected chi connectivity index (χ0v) is 23.5. The Hall–Kier alpha value is -1.06. The number of alkyl carbamates (subject to hydrolysis) is 1. The molecule has 0 radical (unpaired) electrons. The van der Waals surface area contributed by atoms with Crippen LogP contribution in [0.25, 0.3) is 0 Å². The Balaban J connectivity index is 2.92. The molecular weight excluding hydrogens is 446 g/mol. The van der Waals surface area contributed by atoms with E-state index in [0.717, 1.165) is 0 Å². The molecule has 1 fully saturated rings. The Bertz CT molecular complexity index is 690. The zero-order valence-electron chi connectivity index (χ0n) is 21.7. The van der Waals surface area contributed by atoms with Crippen LogP contribution in [0.3, 0.4) is 0 Å². The van der Waals surface area contributed by atoms with E-state index in [1.165, 1.54) is 11.8 Å². The van der Waals surface area contributed by atoms with Crippen LogP contribution in [-0.2, 0) is 23.5 Å². The van der Waals surface area contributed by atoms with Crippen LogP contribution in [0.4, 0.5) is 4.79 Å². The lowest BCUT2D eigenvalue weighted by Crippen LogP contribution is -2.48. The fourth-order valence-corrected chi connectivity index (χ4v) is 5.63. The van der Waals surface area contributed by atoms with Gasteiger partial charge in [0.1, 0.15) is 23.0 Å². The number of carbonyl (C=O) groups excluding carboxylic acids is 3. The number of hydrogen-bond acceptors (Lipinski definition) is 7. The van der Waals surface area contributed by atoms with Crippen LogP contribution in [0.1, 0.15) is 75.2 Å². The van der Waals surface area contributed by atoms with Crippen molar-refractivity contribution < 1.29 is 28.3 Å². The van der Waals surface area contributed by atoms with Gasteiger partial charge in [-0.15, -0.1) is 0 Å². The second-order valence-corrected chi connectivity index (χ2v) is 18.0. The number of carbonyl (C=O) groups is 3. The topological polar surface area (TPSA) is 90.9 Å². The number of hydrogen-bond donors (Lipinski definition) is 1. The van der Waals surface area contributed by atoms with E-state index in [1.54, 1.807) is 41.5 Å². The molecule has 3 atom stereocenters. The van der Waals surface area contributed by atoms with Gasteiger partial charge in [0.15, 0.2) is 8.32 Å². The fourth-order valence-electron chi connectivity index (χ4n) is 2.85. The first-order valence-electron chi connectivity index (χ1n) is 11.2. The van der Waals surface area contributed by atoms with E-state index in [0.29, 0.717) is 12.8 Å². The standard InChI is InChI=1S/C23H43NO6SSi/c1-21(2,3)28-19(26)16(24-20(27)29-22(4,5)6)14-31-18-13-15(25)12-17(18)30-32(10,11)23(7,8)9/h16-18H,12-14H2,1-11H3,(H,24,27)/t16-,17-,18-/m0/s1. The maximum Gasteiger partial charge on any atom is 0.408 e. The van der Waals surface area contributed by atoms with E-state index >= 15 is 0 Å². The maximum absolute atomic E-state index is 12.8. The third-order valence-electron chi connectivity index (χ3n) is 5.38. The van der Waals surface area contributed by atoms with Crippen molar-refractivity contribution in [3.63, 3.8) is 0 Å². The summed E-state index contributed by atoms with van der Waals surface area (Å²) in [6.45, 7) is 21.5. The van der Waals surface area contributed by atoms with Crippen LogP contribution in [0, 0.1) is 0 Å². The number of ketones is 1. The van der Waals surface area contributed by atoms with Crippen molar-refractivity contribution in [2.45, 2.75) is 122 Å². The number of Topliss-reactive ketones (excluding diaryl/α,β-unsaturated/α-hetero) is 1. The van der Waals surface area contributed by atoms with Crippen molar-refractivity contribution in [2.24, 2.45) is 0 Å². The molecule has 0 saturated heterocycles. The number of thioether (sulfide) groups is 1. The Labute approximate surface area is 199 Å². The highest BCUT2D eigenvalue weighted by atomic mass is 32.2.